The van der Waals surface area contributed by atoms with E-state index in [-0.39, 0.29) is 17.3 Å². The zero-order valence-corrected chi connectivity index (χ0v) is 16.6. The van der Waals surface area contributed by atoms with E-state index in [9.17, 15) is 14.0 Å². The van der Waals surface area contributed by atoms with Gasteiger partial charge in [0.1, 0.15) is 11.5 Å². The number of hydrogen-bond donors (Lipinski definition) is 2. The van der Waals surface area contributed by atoms with Crippen LogP contribution in [-0.2, 0) is 9.59 Å². The lowest BCUT2D eigenvalue weighted by molar-refractivity contribution is -0.128. The average Bonchev–Trinajstić information content (AvgIpc) is 2.58. The first-order valence-corrected chi connectivity index (χ1v) is 8.88. The van der Waals surface area contributed by atoms with Crippen molar-refractivity contribution in [2.45, 2.75) is 20.8 Å². The van der Waals surface area contributed by atoms with Crippen molar-refractivity contribution < 1.29 is 14.0 Å². The smallest absolute Gasteiger partial charge is 0.272 e. The van der Waals surface area contributed by atoms with E-state index in [0.717, 1.165) is 0 Å². The summed E-state index contributed by atoms with van der Waals surface area (Å²) in [6, 6.07) is 10.6. The van der Waals surface area contributed by atoms with Crippen LogP contribution in [0.3, 0.4) is 0 Å². The molecule has 2 aromatic carbocycles. The highest BCUT2D eigenvalue weighted by Gasteiger charge is 2.25. The van der Waals surface area contributed by atoms with Gasteiger partial charge < -0.3 is 10.6 Å². The minimum atomic E-state index is -0.748. The maximum Gasteiger partial charge on any atom is 0.272 e. The molecule has 0 aliphatic rings. The van der Waals surface area contributed by atoms with Crippen LogP contribution in [0.4, 0.5) is 10.1 Å². The second-order valence-electron chi connectivity index (χ2n) is 6.83. The van der Waals surface area contributed by atoms with Gasteiger partial charge in [0, 0.05) is 21.0 Å². The van der Waals surface area contributed by atoms with E-state index in [2.05, 4.69) is 10.6 Å². The van der Waals surface area contributed by atoms with Crippen LogP contribution in [-0.4, -0.2) is 11.8 Å². The van der Waals surface area contributed by atoms with Gasteiger partial charge in [-0.1, -0.05) is 62.2 Å². The third-order valence-electron chi connectivity index (χ3n) is 3.58. The van der Waals surface area contributed by atoms with E-state index in [1.807, 2.05) is 0 Å². The molecular weight excluding hydrogens is 390 g/mol. The van der Waals surface area contributed by atoms with Gasteiger partial charge in [-0.15, -0.1) is 0 Å². The van der Waals surface area contributed by atoms with Crippen molar-refractivity contribution in [1.29, 1.82) is 0 Å². The normalized spacial score (nSPS) is 11.9. The highest BCUT2D eigenvalue weighted by Crippen LogP contribution is 2.27. The molecule has 27 heavy (non-hydrogen) atoms. The Morgan fingerprint density at radius 1 is 1.00 bits per heavy atom. The minimum Gasteiger partial charge on any atom is -0.321 e. The van der Waals surface area contributed by atoms with Gasteiger partial charge in [-0.25, -0.2) is 4.39 Å². The topological polar surface area (TPSA) is 58.2 Å². The van der Waals surface area contributed by atoms with Crippen LogP contribution >= 0.6 is 23.2 Å². The van der Waals surface area contributed by atoms with E-state index < -0.39 is 17.1 Å². The molecule has 2 rings (SSSR count). The van der Waals surface area contributed by atoms with Crippen LogP contribution in [0.2, 0.25) is 10.0 Å². The summed E-state index contributed by atoms with van der Waals surface area (Å²) in [4.78, 5) is 25.1. The van der Waals surface area contributed by atoms with Crippen molar-refractivity contribution in [1.82, 2.24) is 5.32 Å². The van der Waals surface area contributed by atoms with Crippen LogP contribution in [0.5, 0.6) is 0 Å². The average molecular weight is 409 g/mol. The third kappa shape index (κ3) is 5.55. The van der Waals surface area contributed by atoms with Crippen LogP contribution in [0, 0.1) is 11.2 Å². The molecule has 0 saturated carbocycles. The monoisotopic (exact) mass is 408 g/mol. The number of nitrogens with one attached hydrogen (secondary N) is 2. The van der Waals surface area contributed by atoms with Crippen LogP contribution in [0.25, 0.3) is 6.08 Å². The Balaban J connectivity index is 2.43. The van der Waals surface area contributed by atoms with Crippen molar-refractivity contribution in [2.24, 2.45) is 5.41 Å². The molecule has 0 saturated heterocycles. The molecule has 0 unspecified atom stereocenters. The molecule has 2 N–H and O–H groups in total. The summed E-state index contributed by atoms with van der Waals surface area (Å²) in [5.74, 6) is -1.68. The van der Waals surface area contributed by atoms with E-state index in [4.69, 9.17) is 23.2 Å². The highest BCUT2D eigenvalue weighted by atomic mass is 35.5. The summed E-state index contributed by atoms with van der Waals surface area (Å²) in [5, 5.41) is 5.63. The maximum atomic E-state index is 13.9. The number of para-hydroxylation sites is 1. The van der Waals surface area contributed by atoms with Crippen molar-refractivity contribution in [3.05, 3.63) is 69.6 Å². The SMILES string of the molecule is CC(C)(C)C(=O)N/C(=C/c1c(Cl)cccc1Cl)C(=O)Nc1ccccc1F. The molecule has 0 aliphatic carbocycles. The number of hydrogen-bond acceptors (Lipinski definition) is 2. The van der Waals surface area contributed by atoms with Crippen LogP contribution in [0.15, 0.2) is 48.2 Å². The predicted octanol–water partition coefficient (Wildman–Crippen LogP) is 5.27. The molecule has 0 spiro atoms. The molecule has 0 aliphatic heterocycles. The standard InChI is InChI=1S/C20H19Cl2FN2O2/c1-20(2,3)19(27)25-17(11-12-13(21)7-6-8-14(12)22)18(26)24-16-10-5-4-9-15(16)23/h4-11H,1-3H3,(H,24,26)(H,25,27)/b17-11+. The first-order chi connectivity index (χ1) is 12.6. The molecule has 4 nitrogen and oxygen atoms in total. The Morgan fingerprint density at radius 3 is 2.15 bits per heavy atom. The molecule has 0 radical (unpaired) electrons. The molecule has 2 amide bonds. The molecule has 0 atom stereocenters. The fourth-order valence-electron chi connectivity index (χ4n) is 2.01. The second-order valence-corrected chi connectivity index (χ2v) is 7.65. The van der Waals surface area contributed by atoms with Crippen molar-refractivity contribution >= 4 is 46.8 Å². The lowest BCUT2D eigenvalue weighted by Gasteiger charge is -2.19. The van der Waals surface area contributed by atoms with Gasteiger partial charge in [0.15, 0.2) is 0 Å². The quantitative estimate of drug-likeness (QED) is 0.676. The highest BCUT2D eigenvalue weighted by molar-refractivity contribution is 6.37. The van der Waals surface area contributed by atoms with Gasteiger partial charge in [-0.2, -0.15) is 0 Å². The number of carbonyl (C=O) groups excluding carboxylic acids is 2. The summed E-state index contributed by atoms with van der Waals surface area (Å²) in [7, 11) is 0. The number of anilines is 1. The lowest BCUT2D eigenvalue weighted by Crippen LogP contribution is -2.38. The third-order valence-corrected chi connectivity index (χ3v) is 4.24. The summed E-state index contributed by atoms with van der Waals surface area (Å²) >= 11 is 12.3. The fraction of sp³-hybridized carbons (Fsp3) is 0.200. The Bertz CT molecular complexity index is 885. The Kier molecular flexibility index (Phi) is 6.63. The van der Waals surface area contributed by atoms with Gasteiger partial charge in [-0.05, 0) is 30.3 Å². The van der Waals surface area contributed by atoms with E-state index in [0.29, 0.717) is 15.6 Å². The first kappa shape index (κ1) is 20.9. The van der Waals surface area contributed by atoms with Gasteiger partial charge in [0.2, 0.25) is 5.91 Å². The molecule has 7 heteroatoms. The van der Waals surface area contributed by atoms with Gasteiger partial charge >= 0.3 is 0 Å². The molecule has 2 aromatic rings. The number of amides is 2. The zero-order chi connectivity index (χ0) is 20.2. The fourth-order valence-corrected chi connectivity index (χ4v) is 2.52. The molecule has 0 fully saturated rings. The number of halogens is 3. The number of benzene rings is 2. The summed E-state index contributed by atoms with van der Waals surface area (Å²) < 4.78 is 13.9. The molecule has 0 bridgehead atoms. The van der Waals surface area contributed by atoms with Crippen LogP contribution < -0.4 is 10.6 Å². The van der Waals surface area contributed by atoms with E-state index in [1.54, 1.807) is 45.0 Å². The van der Waals surface area contributed by atoms with Crippen molar-refractivity contribution in [3.8, 4) is 0 Å². The Morgan fingerprint density at radius 2 is 1.59 bits per heavy atom. The van der Waals surface area contributed by atoms with Gasteiger partial charge in [-0.3, -0.25) is 9.59 Å². The number of carbonyl (C=O) groups is 2. The van der Waals surface area contributed by atoms with Gasteiger partial charge in [0.05, 0.1) is 5.69 Å². The molecular formula is C20H19Cl2FN2O2. The maximum absolute atomic E-state index is 13.9. The Labute approximate surface area is 167 Å². The second kappa shape index (κ2) is 8.55. The predicted molar refractivity (Wildman–Crippen MR) is 107 cm³/mol. The van der Waals surface area contributed by atoms with Gasteiger partial charge in [0.25, 0.3) is 5.91 Å². The summed E-state index contributed by atoms with van der Waals surface area (Å²) in [5.41, 5.74) is -0.493. The van der Waals surface area contributed by atoms with E-state index in [1.165, 1.54) is 24.3 Å². The number of rotatable bonds is 4. The van der Waals surface area contributed by atoms with E-state index >= 15 is 0 Å². The molecule has 0 aromatic heterocycles. The molecule has 142 valence electrons. The zero-order valence-electron chi connectivity index (χ0n) is 15.1. The largest absolute Gasteiger partial charge is 0.321 e. The van der Waals surface area contributed by atoms with Crippen molar-refractivity contribution in [3.63, 3.8) is 0 Å². The van der Waals surface area contributed by atoms with Crippen LogP contribution in [0.1, 0.15) is 26.3 Å². The first-order valence-electron chi connectivity index (χ1n) is 8.12. The summed E-state index contributed by atoms with van der Waals surface area (Å²) in [6.45, 7) is 5.12. The minimum absolute atomic E-state index is 0.0105. The molecule has 0 heterocycles. The Hall–Kier alpha value is -2.37. The van der Waals surface area contributed by atoms with Crippen molar-refractivity contribution in [2.75, 3.05) is 5.32 Å². The summed E-state index contributed by atoms with van der Waals surface area (Å²) in [6.07, 6.45) is 1.37. The lowest BCUT2D eigenvalue weighted by atomic mass is 9.95.